The molecule has 1 unspecified atom stereocenters. The number of rotatable bonds is 53. The van der Waals surface area contributed by atoms with Gasteiger partial charge in [-0.15, -0.1) is 0 Å². The topological polar surface area (TPSA) is 78.9 Å². The second-order valence-electron chi connectivity index (χ2n) is 19.5. The molecule has 75 heavy (non-hydrogen) atoms. The number of unbranched alkanes of at least 4 members (excludes halogenated alkanes) is 18. The Hall–Kier alpha value is -4.71. The maximum Gasteiger partial charge on any atom is 0.306 e. The number of esters is 3. The molecule has 0 N–H and O–H groups in total. The lowest BCUT2D eigenvalue weighted by atomic mass is 10.0. The quantitative estimate of drug-likeness (QED) is 0.0261. The highest BCUT2D eigenvalue weighted by atomic mass is 16.6. The van der Waals surface area contributed by atoms with Gasteiger partial charge in [0.15, 0.2) is 6.10 Å². The van der Waals surface area contributed by atoms with Gasteiger partial charge in [-0.05, 0) is 128 Å². The van der Waals surface area contributed by atoms with E-state index in [0.29, 0.717) is 19.3 Å². The van der Waals surface area contributed by atoms with E-state index in [2.05, 4.69) is 167 Å². The molecule has 422 valence electrons. The largest absolute Gasteiger partial charge is 0.462 e. The number of hydrogen-bond donors (Lipinski definition) is 0. The Morgan fingerprint density at radius 2 is 0.533 bits per heavy atom. The molecule has 0 aliphatic heterocycles. The lowest BCUT2D eigenvalue weighted by molar-refractivity contribution is -0.167. The summed E-state index contributed by atoms with van der Waals surface area (Å²) in [5, 5.41) is 0. The first-order valence-electron chi connectivity index (χ1n) is 30.3. The third-order valence-corrected chi connectivity index (χ3v) is 12.3. The number of carbonyl (C=O) groups excluding carboxylic acids is 3. The Morgan fingerprint density at radius 1 is 0.280 bits per heavy atom. The number of hydrogen-bond acceptors (Lipinski definition) is 6. The summed E-state index contributed by atoms with van der Waals surface area (Å²) in [6.07, 6.45) is 88.5. The first kappa shape index (κ1) is 70.3. The minimum Gasteiger partial charge on any atom is -0.462 e. The summed E-state index contributed by atoms with van der Waals surface area (Å²) < 4.78 is 16.8. The van der Waals surface area contributed by atoms with E-state index in [0.717, 1.165) is 141 Å². The lowest BCUT2D eigenvalue weighted by Gasteiger charge is -2.18. The molecule has 1 atom stereocenters. The molecule has 0 aromatic carbocycles. The van der Waals surface area contributed by atoms with Crippen LogP contribution in [0.2, 0.25) is 0 Å². The molecule has 0 saturated carbocycles. The van der Waals surface area contributed by atoms with Crippen molar-refractivity contribution < 1.29 is 28.6 Å². The minimum absolute atomic E-state index is 0.112. The average molecular weight is 1040 g/mol. The molecule has 0 amide bonds. The van der Waals surface area contributed by atoms with Crippen molar-refractivity contribution in [2.24, 2.45) is 0 Å². The van der Waals surface area contributed by atoms with Crippen LogP contribution in [-0.2, 0) is 28.6 Å². The number of allylic oxidation sites excluding steroid dienone is 24. The second kappa shape index (κ2) is 61.8. The normalized spacial score (nSPS) is 13.2. The summed E-state index contributed by atoms with van der Waals surface area (Å²) in [7, 11) is 0. The summed E-state index contributed by atoms with van der Waals surface area (Å²) in [4.78, 5) is 38.2. The summed E-state index contributed by atoms with van der Waals surface area (Å²) in [5.41, 5.74) is 0. The smallest absolute Gasteiger partial charge is 0.306 e. The van der Waals surface area contributed by atoms with Crippen LogP contribution in [0.4, 0.5) is 0 Å². The third kappa shape index (κ3) is 60.0. The van der Waals surface area contributed by atoms with Crippen molar-refractivity contribution in [3.05, 3.63) is 146 Å². The Balaban J connectivity index is 4.39. The van der Waals surface area contributed by atoms with Crippen molar-refractivity contribution in [2.75, 3.05) is 13.2 Å². The predicted octanol–water partition coefficient (Wildman–Crippen LogP) is 20.8. The van der Waals surface area contributed by atoms with Crippen LogP contribution in [0.1, 0.15) is 252 Å². The molecular formula is C69H110O6. The van der Waals surface area contributed by atoms with Gasteiger partial charge < -0.3 is 14.2 Å². The molecule has 6 heteroatoms. The SMILES string of the molecule is CC/C=C\C/C=C\C/C=C\C/C=C\C/C=C\CCCCCCCCCCCCCC(=O)OCC(COC(=O)CCCCCCC/C=C\C/C=C\CCC)OC(=O)CCC/C=C\C/C=C\C/C=C\C/C=C\C/C=C\CC. The van der Waals surface area contributed by atoms with Crippen molar-refractivity contribution in [1.29, 1.82) is 0 Å². The van der Waals surface area contributed by atoms with Crippen LogP contribution in [0.3, 0.4) is 0 Å². The van der Waals surface area contributed by atoms with Gasteiger partial charge in [-0.2, -0.15) is 0 Å². The van der Waals surface area contributed by atoms with E-state index in [4.69, 9.17) is 14.2 Å². The zero-order valence-corrected chi connectivity index (χ0v) is 48.3. The van der Waals surface area contributed by atoms with Crippen molar-refractivity contribution in [3.8, 4) is 0 Å². The highest BCUT2D eigenvalue weighted by Crippen LogP contribution is 2.14. The van der Waals surface area contributed by atoms with Crippen molar-refractivity contribution >= 4 is 17.9 Å². The maximum atomic E-state index is 12.8. The van der Waals surface area contributed by atoms with Gasteiger partial charge in [0.25, 0.3) is 0 Å². The summed E-state index contributed by atoms with van der Waals surface area (Å²) >= 11 is 0. The molecule has 6 nitrogen and oxygen atoms in total. The van der Waals surface area contributed by atoms with E-state index in [-0.39, 0.29) is 37.5 Å². The fraction of sp³-hybridized carbons (Fsp3) is 0.609. The second-order valence-corrected chi connectivity index (χ2v) is 19.5. The van der Waals surface area contributed by atoms with Crippen LogP contribution in [0.5, 0.6) is 0 Å². The first-order chi connectivity index (χ1) is 37.0. The van der Waals surface area contributed by atoms with Gasteiger partial charge in [0.2, 0.25) is 0 Å². The maximum absolute atomic E-state index is 12.8. The summed E-state index contributed by atoms with van der Waals surface area (Å²) in [6.45, 7) is 6.28. The Bertz CT molecular complexity index is 1660. The van der Waals surface area contributed by atoms with Crippen LogP contribution < -0.4 is 0 Å². The molecule has 0 rings (SSSR count). The van der Waals surface area contributed by atoms with E-state index in [9.17, 15) is 14.4 Å². The Kier molecular flexibility index (Phi) is 58.0. The van der Waals surface area contributed by atoms with E-state index in [1.54, 1.807) is 0 Å². The zero-order valence-electron chi connectivity index (χ0n) is 48.3. The summed E-state index contributed by atoms with van der Waals surface area (Å²) in [6, 6.07) is 0. The molecular weight excluding hydrogens is 925 g/mol. The predicted molar refractivity (Wildman–Crippen MR) is 325 cm³/mol. The van der Waals surface area contributed by atoms with E-state index in [1.165, 1.54) is 64.2 Å². The van der Waals surface area contributed by atoms with Gasteiger partial charge >= 0.3 is 17.9 Å². The Morgan fingerprint density at radius 3 is 0.853 bits per heavy atom. The first-order valence-corrected chi connectivity index (χ1v) is 30.3. The molecule has 0 aromatic heterocycles. The molecule has 0 aromatic rings. The fourth-order valence-electron chi connectivity index (χ4n) is 7.84. The van der Waals surface area contributed by atoms with Gasteiger partial charge in [0.05, 0.1) is 0 Å². The number of ether oxygens (including phenoxy) is 3. The van der Waals surface area contributed by atoms with Crippen molar-refractivity contribution in [2.45, 2.75) is 258 Å². The van der Waals surface area contributed by atoms with Crippen molar-refractivity contribution in [3.63, 3.8) is 0 Å². The molecule has 0 spiro atoms. The molecule has 0 aliphatic carbocycles. The van der Waals surface area contributed by atoms with Crippen LogP contribution in [0.15, 0.2) is 146 Å². The van der Waals surface area contributed by atoms with Gasteiger partial charge in [0.1, 0.15) is 13.2 Å². The summed E-state index contributed by atoms with van der Waals surface area (Å²) in [5.74, 6) is -0.992. The van der Waals surface area contributed by atoms with E-state index in [1.807, 2.05) is 0 Å². The van der Waals surface area contributed by atoms with Crippen LogP contribution in [0.25, 0.3) is 0 Å². The van der Waals surface area contributed by atoms with Crippen LogP contribution in [0, 0.1) is 0 Å². The molecule has 0 aliphatic rings. The Labute approximate surface area is 461 Å². The number of carbonyl (C=O) groups is 3. The van der Waals surface area contributed by atoms with Gasteiger partial charge in [-0.25, -0.2) is 0 Å². The molecule has 0 saturated heterocycles. The lowest BCUT2D eigenvalue weighted by Crippen LogP contribution is -2.30. The van der Waals surface area contributed by atoms with E-state index >= 15 is 0 Å². The van der Waals surface area contributed by atoms with Crippen LogP contribution >= 0.6 is 0 Å². The fourth-order valence-corrected chi connectivity index (χ4v) is 7.84. The monoisotopic (exact) mass is 1030 g/mol. The zero-order chi connectivity index (χ0) is 54.3. The molecule has 0 radical (unpaired) electrons. The highest BCUT2D eigenvalue weighted by Gasteiger charge is 2.19. The average Bonchev–Trinajstić information content (AvgIpc) is 3.41. The molecule has 0 fully saturated rings. The highest BCUT2D eigenvalue weighted by molar-refractivity contribution is 5.71. The third-order valence-electron chi connectivity index (χ3n) is 12.3. The van der Waals surface area contributed by atoms with E-state index < -0.39 is 6.10 Å². The van der Waals surface area contributed by atoms with Crippen molar-refractivity contribution in [1.82, 2.24) is 0 Å². The van der Waals surface area contributed by atoms with Crippen LogP contribution in [-0.4, -0.2) is 37.2 Å². The van der Waals surface area contributed by atoms with Gasteiger partial charge in [0, 0.05) is 19.3 Å². The standard InChI is InChI=1S/C69H110O6/c1-4-7-10-13-16-19-22-25-27-29-30-31-32-33-34-35-36-37-38-40-41-44-47-50-53-56-59-62-68(71)74-65-66(64-73-67(70)61-58-55-52-49-46-43-24-21-18-15-12-9-6-3)75-69(72)63-60-57-54-51-48-45-42-39-28-26-23-20-17-14-11-8-5-2/h7-8,10-12,15-17,19-21,24-28,30-31,33-34,42,45,51,54,66H,4-6,9,13-14,18,22-23,29,32,35-41,43-44,46-50,52-53,55-65H2,1-3H3/b10-7-,11-8-,15-12-,19-16-,20-17-,24-21-,27-25-,28-26-,31-30-,34-33-,45-42-,54-51-. The van der Waals surface area contributed by atoms with Gasteiger partial charge in [-0.1, -0.05) is 250 Å². The minimum atomic E-state index is -0.821. The molecule has 0 heterocycles. The molecule has 0 bridgehead atoms. The van der Waals surface area contributed by atoms with Gasteiger partial charge in [-0.3, -0.25) is 14.4 Å².